The molecule has 3 nitrogen and oxygen atoms in total. The Bertz CT molecular complexity index is 366. The third-order valence-electron chi connectivity index (χ3n) is 3.37. The summed E-state index contributed by atoms with van der Waals surface area (Å²) >= 11 is 0. The zero-order chi connectivity index (χ0) is 14.8. The van der Waals surface area contributed by atoms with Gasteiger partial charge in [0.05, 0.1) is 13.2 Å². The molecule has 0 aliphatic carbocycles. The first kappa shape index (κ1) is 17.0. The Balaban J connectivity index is 2.11. The van der Waals surface area contributed by atoms with E-state index >= 15 is 0 Å². The molecule has 3 heteroatoms. The maximum atomic E-state index is 5.70. The van der Waals surface area contributed by atoms with E-state index in [9.17, 15) is 0 Å². The molecule has 1 aromatic rings. The van der Waals surface area contributed by atoms with Gasteiger partial charge in [-0.15, -0.1) is 0 Å². The average Bonchev–Trinajstić information content (AvgIpc) is 2.46. The van der Waals surface area contributed by atoms with Crippen molar-refractivity contribution < 1.29 is 9.47 Å². The molecule has 1 rings (SSSR count). The Labute approximate surface area is 123 Å². The van der Waals surface area contributed by atoms with E-state index in [1.54, 1.807) is 0 Å². The van der Waals surface area contributed by atoms with Gasteiger partial charge in [-0.2, -0.15) is 0 Å². The average molecular weight is 279 g/mol. The zero-order valence-corrected chi connectivity index (χ0v) is 13.3. The van der Waals surface area contributed by atoms with Crippen molar-refractivity contribution in [2.24, 2.45) is 0 Å². The van der Waals surface area contributed by atoms with Crippen LogP contribution in [-0.4, -0.2) is 32.4 Å². The van der Waals surface area contributed by atoms with E-state index in [4.69, 9.17) is 9.47 Å². The highest BCUT2D eigenvalue weighted by molar-refractivity contribution is 5.30. The molecule has 0 aromatic heterocycles. The molecule has 0 aliphatic rings. The summed E-state index contributed by atoms with van der Waals surface area (Å²) in [6, 6.07) is 8.84. The molecule has 0 heterocycles. The van der Waals surface area contributed by atoms with Crippen LogP contribution in [0.2, 0.25) is 0 Å². The van der Waals surface area contributed by atoms with Crippen molar-refractivity contribution in [3.63, 3.8) is 0 Å². The minimum absolute atomic E-state index is 0.529. The molecule has 1 aromatic carbocycles. The monoisotopic (exact) mass is 279 g/mol. The highest BCUT2D eigenvalue weighted by Crippen LogP contribution is 2.19. The first-order chi connectivity index (χ1) is 9.63. The molecule has 0 bridgehead atoms. The fourth-order valence-corrected chi connectivity index (χ4v) is 1.81. The highest BCUT2D eigenvalue weighted by atomic mass is 16.5. The van der Waals surface area contributed by atoms with Crippen LogP contribution in [0.5, 0.6) is 5.75 Å². The van der Waals surface area contributed by atoms with Crippen LogP contribution in [0.3, 0.4) is 0 Å². The second-order valence-corrected chi connectivity index (χ2v) is 5.45. The predicted molar refractivity (Wildman–Crippen MR) is 84.6 cm³/mol. The van der Waals surface area contributed by atoms with Crippen LogP contribution in [0.1, 0.15) is 45.6 Å². The number of benzene rings is 1. The van der Waals surface area contributed by atoms with Gasteiger partial charge in [0.1, 0.15) is 12.4 Å². The second-order valence-electron chi connectivity index (χ2n) is 5.45. The first-order valence-corrected chi connectivity index (χ1v) is 7.67. The van der Waals surface area contributed by atoms with Crippen LogP contribution in [0.4, 0.5) is 0 Å². The maximum absolute atomic E-state index is 5.70. The van der Waals surface area contributed by atoms with Gasteiger partial charge < -0.3 is 14.8 Å². The molecule has 1 unspecified atom stereocenters. The molecule has 0 spiro atoms. The van der Waals surface area contributed by atoms with E-state index in [0.717, 1.165) is 25.3 Å². The topological polar surface area (TPSA) is 30.5 Å². The summed E-state index contributed by atoms with van der Waals surface area (Å²) < 4.78 is 11.2. The number of rotatable bonds is 10. The number of ether oxygens (including phenoxy) is 2. The van der Waals surface area contributed by atoms with E-state index in [2.05, 4.69) is 45.1 Å². The van der Waals surface area contributed by atoms with Crippen molar-refractivity contribution >= 4 is 0 Å². The Kier molecular flexibility index (Phi) is 8.31. The number of hydrogen-bond acceptors (Lipinski definition) is 3. The summed E-state index contributed by atoms with van der Waals surface area (Å²) in [5.74, 6) is 1.46. The molecule has 1 atom stereocenters. The molecule has 0 fully saturated rings. The van der Waals surface area contributed by atoms with Gasteiger partial charge in [0, 0.05) is 12.6 Å². The summed E-state index contributed by atoms with van der Waals surface area (Å²) in [7, 11) is 0. The van der Waals surface area contributed by atoms with Gasteiger partial charge in [0.25, 0.3) is 0 Å². The minimum atomic E-state index is 0.529. The van der Waals surface area contributed by atoms with E-state index in [-0.39, 0.29) is 0 Å². The highest BCUT2D eigenvalue weighted by Gasteiger charge is 2.01. The van der Waals surface area contributed by atoms with E-state index in [1.807, 2.05) is 12.1 Å². The Hall–Kier alpha value is -1.06. The minimum Gasteiger partial charge on any atom is -0.491 e. The van der Waals surface area contributed by atoms with E-state index < -0.39 is 0 Å². The Morgan fingerprint density at radius 1 is 1.10 bits per heavy atom. The fourth-order valence-electron chi connectivity index (χ4n) is 1.81. The molecule has 0 saturated carbocycles. The summed E-state index contributed by atoms with van der Waals surface area (Å²) in [4.78, 5) is 0. The predicted octanol–water partition coefficient (Wildman–Crippen LogP) is 3.59. The maximum Gasteiger partial charge on any atom is 0.119 e. The quantitative estimate of drug-likeness (QED) is 0.664. The lowest BCUT2D eigenvalue weighted by Crippen LogP contribution is -2.29. The number of nitrogens with one attached hydrogen (secondary N) is 1. The van der Waals surface area contributed by atoms with Crippen molar-refractivity contribution in [1.82, 2.24) is 5.32 Å². The van der Waals surface area contributed by atoms with Gasteiger partial charge in [0.15, 0.2) is 0 Å². The second kappa shape index (κ2) is 9.78. The van der Waals surface area contributed by atoms with Crippen molar-refractivity contribution in [3.05, 3.63) is 29.8 Å². The van der Waals surface area contributed by atoms with Gasteiger partial charge in [-0.05, 0) is 37.0 Å². The third-order valence-corrected chi connectivity index (χ3v) is 3.37. The fraction of sp³-hybridized carbons (Fsp3) is 0.647. The lowest BCUT2D eigenvalue weighted by atomic mass is 10.0. The van der Waals surface area contributed by atoms with Crippen LogP contribution in [0.15, 0.2) is 24.3 Å². The molecule has 20 heavy (non-hydrogen) atoms. The van der Waals surface area contributed by atoms with Crippen LogP contribution < -0.4 is 10.1 Å². The van der Waals surface area contributed by atoms with Crippen LogP contribution >= 0.6 is 0 Å². The van der Waals surface area contributed by atoms with Gasteiger partial charge in [-0.1, -0.05) is 32.9 Å². The summed E-state index contributed by atoms with van der Waals surface area (Å²) in [5.41, 5.74) is 1.31. The lowest BCUT2D eigenvalue weighted by Gasteiger charge is -2.12. The summed E-state index contributed by atoms with van der Waals surface area (Å²) in [5, 5.41) is 3.39. The summed E-state index contributed by atoms with van der Waals surface area (Å²) in [6.07, 6.45) is 1.15. The normalized spacial score (nSPS) is 12.7. The lowest BCUT2D eigenvalue weighted by molar-refractivity contribution is 0.100. The first-order valence-electron chi connectivity index (χ1n) is 7.67. The van der Waals surface area contributed by atoms with Crippen molar-refractivity contribution in [3.8, 4) is 5.75 Å². The van der Waals surface area contributed by atoms with Gasteiger partial charge >= 0.3 is 0 Å². The molecule has 1 N–H and O–H groups in total. The molecule has 0 radical (unpaired) electrons. The molecule has 0 aliphatic heterocycles. The standard InChI is InChI=1S/C17H29NO2/c1-5-15(4)18-9-10-19-11-12-20-17-8-6-7-16(13-17)14(2)3/h6-8,13-15,18H,5,9-12H2,1-4H3. The van der Waals surface area contributed by atoms with E-state index in [0.29, 0.717) is 25.2 Å². The van der Waals surface area contributed by atoms with Gasteiger partial charge in [0.2, 0.25) is 0 Å². The molecular formula is C17H29NO2. The van der Waals surface area contributed by atoms with Gasteiger partial charge in [-0.25, -0.2) is 0 Å². The Morgan fingerprint density at radius 2 is 1.90 bits per heavy atom. The van der Waals surface area contributed by atoms with Gasteiger partial charge in [-0.3, -0.25) is 0 Å². The molecule has 114 valence electrons. The van der Waals surface area contributed by atoms with Crippen LogP contribution in [-0.2, 0) is 4.74 Å². The van der Waals surface area contributed by atoms with Crippen LogP contribution in [0.25, 0.3) is 0 Å². The third kappa shape index (κ3) is 6.92. The SMILES string of the molecule is CCC(C)NCCOCCOc1cccc(C(C)C)c1. The number of hydrogen-bond donors (Lipinski definition) is 1. The summed E-state index contributed by atoms with van der Waals surface area (Å²) in [6.45, 7) is 11.6. The largest absolute Gasteiger partial charge is 0.491 e. The Morgan fingerprint density at radius 3 is 2.60 bits per heavy atom. The zero-order valence-electron chi connectivity index (χ0n) is 13.3. The smallest absolute Gasteiger partial charge is 0.119 e. The molecule has 0 saturated heterocycles. The van der Waals surface area contributed by atoms with Crippen molar-refractivity contribution in [2.75, 3.05) is 26.4 Å². The van der Waals surface area contributed by atoms with E-state index in [1.165, 1.54) is 5.56 Å². The molecular weight excluding hydrogens is 250 g/mol. The molecule has 0 amide bonds. The van der Waals surface area contributed by atoms with Crippen LogP contribution in [0, 0.1) is 0 Å². The van der Waals surface area contributed by atoms with Crippen molar-refractivity contribution in [2.45, 2.75) is 46.1 Å². The van der Waals surface area contributed by atoms with Crippen molar-refractivity contribution in [1.29, 1.82) is 0 Å².